The zero-order valence-corrected chi connectivity index (χ0v) is 13.3. The van der Waals surface area contributed by atoms with E-state index in [1.165, 1.54) is 5.56 Å². The van der Waals surface area contributed by atoms with Crippen molar-refractivity contribution in [1.82, 2.24) is 5.32 Å². The molecule has 24 heavy (non-hydrogen) atoms. The Morgan fingerprint density at radius 3 is 2.33 bits per heavy atom. The first-order valence-electron chi connectivity index (χ1n) is 8.10. The molecule has 1 heterocycles. The third-order valence-electron chi connectivity index (χ3n) is 4.38. The molecule has 0 bridgehead atoms. The van der Waals surface area contributed by atoms with Gasteiger partial charge in [-0.2, -0.15) is 0 Å². The molecule has 0 atom stereocenters. The number of anilines is 1. The molecule has 0 fully saturated rings. The Balaban J connectivity index is 1.70. The minimum Gasteiger partial charge on any atom is -0.380 e. The summed E-state index contributed by atoms with van der Waals surface area (Å²) in [6.45, 7) is 1.28. The number of nitrogens with one attached hydrogen (secondary N) is 2. The van der Waals surface area contributed by atoms with Crippen LogP contribution in [0.1, 0.15) is 21.5 Å². The van der Waals surface area contributed by atoms with E-state index in [1.54, 1.807) is 0 Å². The summed E-state index contributed by atoms with van der Waals surface area (Å²) in [4.78, 5) is 12.3. The van der Waals surface area contributed by atoms with Crippen molar-refractivity contribution in [3.8, 4) is 11.1 Å². The van der Waals surface area contributed by atoms with E-state index in [1.807, 2.05) is 42.5 Å². The van der Waals surface area contributed by atoms with Crippen LogP contribution < -0.4 is 10.6 Å². The lowest BCUT2D eigenvalue weighted by molar-refractivity contribution is 0.0966. The van der Waals surface area contributed by atoms with Crippen LogP contribution >= 0.6 is 0 Å². The fourth-order valence-corrected chi connectivity index (χ4v) is 3.18. The molecule has 2 N–H and O–H groups in total. The largest absolute Gasteiger partial charge is 0.380 e. The van der Waals surface area contributed by atoms with Crippen molar-refractivity contribution in [2.24, 2.45) is 0 Å². The number of carbonyl (C=O) groups excluding carboxylic acids is 1. The Morgan fingerprint density at radius 1 is 0.875 bits per heavy atom. The van der Waals surface area contributed by atoms with Gasteiger partial charge in [0.1, 0.15) is 0 Å². The molecule has 0 aromatic heterocycles. The first-order valence-corrected chi connectivity index (χ1v) is 8.10. The second kappa shape index (κ2) is 6.20. The summed E-state index contributed by atoms with van der Waals surface area (Å²) in [7, 11) is 0. The van der Waals surface area contributed by atoms with E-state index in [4.69, 9.17) is 0 Å². The molecule has 1 aliphatic rings. The van der Waals surface area contributed by atoms with Crippen LogP contribution in [0, 0.1) is 0 Å². The topological polar surface area (TPSA) is 41.1 Å². The zero-order valence-electron chi connectivity index (χ0n) is 13.3. The van der Waals surface area contributed by atoms with Gasteiger partial charge < -0.3 is 10.6 Å². The van der Waals surface area contributed by atoms with Gasteiger partial charge in [-0.25, -0.2) is 0 Å². The molecule has 118 valence electrons. The van der Waals surface area contributed by atoms with Crippen molar-refractivity contribution >= 4 is 11.6 Å². The minimum atomic E-state index is -0.00153. The maximum absolute atomic E-state index is 12.3. The summed E-state index contributed by atoms with van der Waals surface area (Å²) in [5.74, 6) is -0.00153. The highest BCUT2D eigenvalue weighted by atomic mass is 16.1. The second-order valence-electron chi connectivity index (χ2n) is 5.90. The number of amides is 1. The van der Waals surface area contributed by atoms with Gasteiger partial charge >= 0.3 is 0 Å². The van der Waals surface area contributed by atoms with Crippen LogP contribution in [0.3, 0.4) is 0 Å². The number of fused-ring (bicyclic) bond motifs is 1. The fraction of sp³-hybridized carbons (Fsp3) is 0.0952. The highest BCUT2D eigenvalue weighted by Gasteiger charge is 2.25. The smallest absolute Gasteiger partial charge is 0.254 e. The Hall–Kier alpha value is -3.07. The van der Waals surface area contributed by atoms with Gasteiger partial charge in [0.05, 0.1) is 5.56 Å². The predicted molar refractivity (Wildman–Crippen MR) is 96.8 cm³/mol. The van der Waals surface area contributed by atoms with Gasteiger partial charge in [-0.1, -0.05) is 66.7 Å². The lowest BCUT2D eigenvalue weighted by Gasteiger charge is -2.13. The van der Waals surface area contributed by atoms with Gasteiger partial charge in [0, 0.05) is 18.8 Å². The molecule has 3 heteroatoms. The van der Waals surface area contributed by atoms with E-state index in [9.17, 15) is 4.79 Å². The molecule has 0 aliphatic carbocycles. The number of hydrogen-bond donors (Lipinski definition) is 2. The number of rotatable bonds is 4. The molecule has 3 aromatic carbocycles. The SMILES string of the molecule is O=C1NCc2c(-c3ccccc3)ccc(NCc3ccccc3)c21. The van der Waals surface area contributed by atoms with Crippen molar-refractivity contribution < 1.29 is 4.79 Å². The second-order valence-corrected chi connectivity index (χ2v) is 5.90. The summed E-state index contributed by atoms with van der Waals surface area (Å²) in [6.07, 6.45) is 0. The molecule has 4 rings (SSSR count). The van der Waals surface area contributed by atoms with Crippen LogP contribution in [0.2, 0.25) is 0 Å². The fourth-order valence-electron chi connectivity index (χ4n) is 3.18. The first kappa shape index (κ1) is 14.5. The average molecular weight is 314 g/mol. The van der Waals surface area contributed by atoms with Crippen LogP contribution in [0.4, 0.5) is 5.69 Å². The van der Waals surface area contributed by atoms with Gasteiger partial charge in [0.2, 0.25) is 0 Å². The predicted octanol–water partition coefficient (Wildman–Crippen LogP) is 4.21. The summed E-state index contributed by atoms with van der Waals surface area (Å²) < 4.78 is 0. The minimum absolute atomic E-state index is 0.00153. The van der Waals surface area contributed by atoms with E-state index in [-0.39, 0.29) is 5.91 Å². The molecule has 1 aliphatic heterocycles. The third kappa shape index (κ3) is 2.65. The molecule has 1 amide bonds. The van der Waals surface area contributed by atoms with E-state index in [0.717, 1.165) is 27.9 Å². The summed E-state index contributed by atoms with van der Waals surface area (Å²) >= 11 is 0. The molecule has 0 radical (unpaired) electrons. The van der Waals surface area contributed by atoms with Gasteiger partial charge in [0.25, 0.3) is 5.91 Å². The summed E-state index contributed by atoms with van der Waals surface area (Å²) in [5.41, 5.74) is 6.19. The van der Waals surface area contributed by atoms with Crippen molar-refractivity contribution in [3.05, 3.63) is 89.5 Å². The molecule has 0 spiro atoms. The van der Waals surface area contributed by atoms with E-state index < -0.39 is 0 Å². The lowest BCUT2D eigenvalue weighted by Crippen LogP contribution is -2.14. The van der Waals surface area contributed by atoms with E-state index in [0.29, 0.717) is 13.1 Å². The summed E-state index contributed by atoms with van der Waals surface area (Å²) in [6, 6.07) is 24.5. The van der Waals surface area contributed by atoms with E-state index >= 15 is 0 Å². The average Bonchev–Trinajstić information content (AvgIpc) is 3.04. The van der Waals surface area contributed by atoms with Crippen LogP contribution in [0.5, 0.6) is 0 Å². The normalized spacial score (nSPS) is 12.6. The van der Waals surface area contributed by atoms with Gasteiger partial charge in [0.15, 0.2) is 0 Å². The van der Waals surface area contributed by atoms with E-state index in [2.05, 4.69) is 41.0 Å². The number of benzene rings is 3. The molecule has 0 unspecified atom stereocenters. The summed E-state index contributed by atoms with van der Waals surface area (Å²) in [5, 5.41) is 6.36. The van der Waals surface area contributed by atoms with Gasteiger partial charge in [-0.3, -0.25) is 4.79 Å². The Kier molecular flexibility index (Phi) is 3.75. The number of hydrogen-bond acceptors (Lipinski definition) is 2. The number of carbonyl (C=O) groups is 1. The highest BCUT2D eigenvalue weighted by Crippen LogP contribution is 2.34. The van der Waals surface area contributed by atoms with Crippen molar-refractivity contribution in [2.75, 3.05) is 5.32 Å². The van der Waals surface area contributed by atoms with Crippen molar-refractivity contribution in [1.29, 1.82) is 0 Å². The Labute approximate surface area is 141 Å². The lowest BCUT2D eigenvalue weighted by atomic mass is 9.95. The maximum Gasteiger partial charge on any atom is 0.254 e. The monoisotopic (exact) mass is 314 g/mol. The van der Waals surface area contributed by atoms with Crippen LogP contribution in [-0.2, 0) is 13.1 Å². The van der Waals surface area contributed by atoms with Crippen molar-refractivity contribution in [2.45, 2.75) is 13.1 Å². The standard InChI is InChI=1S/C21H18N2O/c24-21-20-18(14-23-21)17(16-9-5-2-6-10-16)11-12-19(20)22-13-15-7-3-1-4-8-15/h1-12,22H,13-14H2,(H,23,24). The van der Waals surface area contributed by atoms with Crippen LogP contribution in [0.25, 0.3) is 11.1 Å². The molecule has 3 aromatic rings. The maximum atomic E-state index is 12.3. The molecule has 0 saturated heterocycles. The first-order chi connectivity index (χ1) is 11.8. The van der Waals surface area contributed by atoms with Gasteiger partial charge in [-0.15, -0.1) is 0 Å². The highest BCUT2D eigenvalue weighted by molar-refractivity contribution is 6.05. The Morgan fingerprint density at radius 2 is 1.58 bits per heavy atom. The van der Waals surface area contributed by atoms with Crippen molar-refractivity contribution in [3.63, 3.8) is 0 Å². The quantitative estimate of drug-likeness (QED) is 0.757. The molecule has 0 saturated carbocycles. The van der Waals surface area contributed by atoms with Gasteiger partial charge in [-0.05, 0) is 28.3 Å². The molecular weight excluding hydrogens is 296 g/mol. The molecular formula is C21H18N2O. The zero-order chi connectivity index (χ0) is 16.4. The van der Waals surface area contributed by atoms with Crippen LogP contribution in [0.15, 0.2) is 72.8 Å². The van der Waals surface area contributed by atoms with Crippen LogP contribution in [-0.4, -0.2) is 5.91 Å². The third-order valence-corrected chi connectivity index (χ3v) is 4.38. The molecule has 3 nitrogen and oxygen atoms in total. The Bertz CT molecular complexity index is 873.